The molecule has 14 nitrogen and oxygen atoms in total. The second kappa shape index (κ2) is 16.1. The van der Waals surface area contributed by atoms with Crippen LogP contribution in [-0.4, -0.2) is 72.1 Å². The van der Waals surface area contributed by atoms with E-state index in [-0.39, 0.29) is 5.69 Å². The average molecular weight is 702 g/mol. The Morgan fingerprint density at radius 3 is 1.66 bits per heavy atom. The van der Waals surface area contributed by atoms with Gasteiger partial charge in [0.1, 0.15) is 18.8 Å². The lowest BCUT2D eigenvalue weighted by Gasteiger charge is -2.46. The lowest BCUT2D eigenvalue weighted by atomic mass is 9.92. The van der Waals surface area contributed by atoms with Crippen LogP contribution < -0.4 is 5.32 Å². The fourth-order valence-electron chi connectivity index (χ4n) is 4.09. The fraction of sp³-hybridized carbons (Fsp3) is 0.639. The van der Waals surface area contributed by atoms with Crippen molar-refractivity contribution in [2.24, 2.45) is 21.7 Å². The van der Waals surface area contributed by atoms with E-state index in [1.54, 1.807) is 89.2 Å². The molecule has 1 saturated heterocycles. The molecule has 0 amide bonds. The van der Waals surface area contributed by atoms with Crippen LogP contribution in [0.3, 0.4) is 0 Å². The molecule has 0 aliphatic carbocycles. The molecule has 0 saturated carbocycles. The van der Waals surface area contributed by atoms with Crippen molar-refractivity contribution in [2.45, 2.75) is 120 Å². The van der Waals surface area contributed by atoms with E-state index >= 15 is 0 Å². The van der Waals surface area contributed by atoms with Crippen molar-refractivity contribution >= 4 is 35.6 Å². The second-order valence-electron chi connectivity index (χ2n) is 16.3. The van der Waals surface area contributed by atoms with Gasteiger partial charge in [0.2, 0.25) is 0 Å². The van der Waals surface area contributed by atoms with Gasteiger partial charge in [0.05, 0.1) is 32.7 Å². The van der Waals surface area contributed by atoms with E-state index in [1.165, 1.54) is 30.3 Å². The van der Waals surface area contributed by atoms with Gasteiger partial charge in [-0.1, -0.05) is 12.2 Å². The van der Waals surface area contributed by atoms with Crippen molar-refractivity contribution in [3.05, 3.63) is 46.0 Å². The number of nitrogens with one attached hydrogen (secondary N) is 1. The summed E-state index contributed by atoms with van der Waals surface area (Å²) in [6, 6.07) is 6.60. The number of nitro benzene ring substituents is 1. The van der Waals surface area contributed by atoms with E-state index < -0.39 is 93.8 Å². The number of benzene rings is 1. The molecule has 1 aromatic carbocycles. The Bertz CT molecular complexity index is 1470. The van der Waals surface area contributed by atoms with E-state index in [0.717, 1.165) is 0 Å². The summed E-state index contributed by atoms with van der Waals surface area (Å²) in [5.41, 5.74) is -3.56. The third-order valence-electron chi connectivity index (χ3n) is 7.26. The molecule has 0 radical (unpaired) electrons. The Morgan fingerprint density at radius 2 is 1.24 bits per heavy atom. The predicted molar refractivity (Wildman–Crippen MR) is 182 cm³/mol. The summed E-state index contributed by atoms with van der Waals surface area (Å²) in [4.78, 5) is 63.5. The molecule has 2 rings (SSSR count). The highest BCUT2D eigenvalue weighted by molar-refractivity contribution is 5.78. The first kappa shape index (κ1) is 41.8. The minimum absolute atomic E-state index is 0.105. The minimum atomic E-state index is -1.48. The van der Waals surface area contributed by atoms with Gasteiger partial charge in [0.25, 0.3) is 5.69 Å². The van der Waals surface area contributed by atoms with E-state index in [2.05, 4.69) is 11.4 Å². The van der Waals surface area contributed by atoms with E-state index in [9.17, 15) is 34.6 Å². The van der Waals surface area contributed by atoms with Gasteiger partial charge in [-0.3, -0.25) is 34.6 Å². The largest absolute Gasteiger partial charge is 0.462 e. The zero-order valence-corrected chi connectivity index (χ0v) is 31.0. The van der Waals surface area contributed by atoms with Crippen LogP contribution in [0.4, 0.5) is 5.69 Å². The number of ether oxygens (including phenoxy) is 5. The Hall–Kier alpha value is -4.35. The molecule has 1 fully saturated rings. The number of hydrogen-bond acceptors (Lipinski definition) is 13. The first-order chi connectivity index (χ1) is 22.7. The molecular weight excluding hydrogens is 650 g/mol. The summed E-state index contributed by atoms with van der Waals surface area (Å²) in [6.45, 7) is 19.1. The van der Waals surface area contributed by atoms with Gasteiger partial charge in [-0.2, -0.15) is 5.26 Å². The minimum Gasteiger partial charge on any atom is -0.462 e. The molecule has 1 aliphatic rings. The van der Waals surface area contributed by atoms with Gasteiger partial charge in [-0.25, -0.2) is 0 Å². The molecule has 0 spiro atoms. The van der Waals surface area contributed by atoms with Gasteiger partial charge in [-0.15, -0.1) is 0 Å². The number of nitriles is 1. The summed E-state index contributed by atoms with van der Waals surface area (Å²) in [6.07, 6.45) is -3.99. The maximum Gasteiger partial charge on any atom is 0.311 e. The Morgan fingerprint density at radius 1 is 0.800 bits per heavy atom. The number of rotatable bonds is 10. The quantitative estimate of drug-likeness (QED) is 0.143. The maximum absolute atomic E-state index is 13.4. The zero-order valence-electron chi connectivity index (χ0n) is 31.0. The number of nitrogens with zero attached hydrogens (tertiary/aromatic N) is 2. The van der Waals surface area contributed by atoms with E-state index in [4.69, 9.17) is 23.7 Å². The topological polar surface area (TPSA) is 193 Å². The first-order valence-electron chi connectivity index (χ1n) is 16.3. The van der Waals surface area contributed by atoms with Crippen LogP contribution in [0.15, 0.2) is 30.3 Å². The van der Waals surface area contributed by atoms with Crippen LogP contribution in [0.2, 0.25) is 0 Å². The zero-order chi connectivity index (χ0) is 38.4. The highest BCUT2D eigenvalue weighted by Gasteiger charge is 2.54. The molecular formula is C36H51N3O11. The maximum atomic E-state index is 13.4. The van der Waals surface area contributed by atoms with Gasteiger partial charge < -0.3 is 23.7 Å². The summed E-state index contributed by atoms with van der Waals surface area (Å²) < 4.78 is 29.8. The van der Waals surface area contributed by atoms with Crippen LogP contribution in [0.25, 0.3) is 6.08 Å². The van der Waals surface area contributed by atoms with Gasteiger partial charge >= 0.3 is 23.9 Å². The molecule has 1 N–H and O–H groups in total. The lowest BCUT2D eigenvalue weighted by molar-refractivity contribution is -0.384. The molecule has 0 unspecified atom stereocenters. The Balaban J connectivity index is 2.70. The van der Waals surface area contributed by atoms with Gasteiger partial charge in [0.15, 0.2) is 24.5 Å². The SMILES string of the molecule is CC(C)(C)C(=O)OC[C@H]1O[C@@H](N[C@@H](C#N)/C=C/c2ccc([N+](=O)[O-])cc2)[C@H](OC(=O)C(C)(C)C)[C@@H](OC(=O)C(C)(C)C)[C@@H]1OC(=O)C(C)(C)C. The van der Waals surface area contributed by atoms with Crippen molar-refractivity contribution in [1.82, 2.24) is 5.32 Å². The number of nitro groups is 1. The van der Waals surface area contributed by atoms with Crippen LogP contribution in [-0.2, 0) is 42.9 Å². The average Bonchev–Trinajstić information content (AvgIpc) is 2.98. The highest BCUT2D eigenvalue weighted by atomic mass is 16.7. The Kier molecular flexibility index (Phi) is 13.5. The number of non-ortho nitro benzene ring substituents is 1. The second-order valence-corrected chi connectivity index (χ2v) is 16.3. The van der Waals surface area contributed by atoms with Crippen molar-refractivity contribution in [1.29, 1.82) is 5.26 Å². The van der Waals surface area contributed by atoms with Crippen molar-refractivity contribution < 1.29 is 47.8 Å². The van der Waals surface area contributed by atoms with Gasteiger partial charge in [-0.05, 0) is 101 Å². The highest BCUT2D eigenvalue weighted by Crippen LogP contribution is 2.34. The van der Waals surface area contributed by atoms with Crippen molar-refractivity contribution in [3.63, 3.8) is 0 Å². The third kappa shape index (κ3) is 11.9. The van der Waals surface area contributed by atoms with Crippen molar-refractivity contribution in [2.75, 3.05) is 6.61 Å². The molecule has 1 heterocycles. The van der Waals surface area contributed by atoms with E-state index in [0.29, 0.717) is 5.56 Å². The molecule has 50 heavy (non-hydrogen) atoms. The number of carbonyl (C=O) groups is 4. The van der Waals surface area contributed by atoms with Crippen LogP contribution in [0.5, 0.6) is 0 Å². The number of esters is 4. The molecule has 0 bridgehead atoms. The van der Waals surface area contributed by atoms with Crippen LogP contribution >= 0.6 is 0 Å². The predicted octanol–water partition coefficient (Wildman–Crippen LogP) is 5.28. The summed E-state index contributed by atoms with van der Waals surface area (Å²) in [7, 11) is 0. The first-order valence-corrected chi connectivity index (χ1v) is 16.3. The van der Waals surface area contributed by atoms with E-state index in [1.807, 2.05) is 0 Å². The molecule has 1 aliphatic heterocycles. The lowest BCUT2D eigenvalue weighted by Crippen LogP contribution is -2.67. The van der Waals surface area contributed by atoms with Crippen LogP contribution in [0, 0.1) is 43.1 Å². The molecule has 14 heteroatoms. The molecule has 0 aromatic heterocycles. The molecule has 6 atom stereocenters. The molecule has 276 valence electrons. The normalized spacial score (nSPS) is 22.2. The third-order valence-corrected chi connectivity index (χ3v) is 7.26. The van der Waals surface area contributed by atoms with Gasteiger partial charge in [0, 0.05) is 12.1 Å². The standard InChI is InChI=1S/C36H51N3O11/c1-33(2,3)29(40)46-20-24-25(48-30(41)34(4,5)6)26(49-31(42)35(7,8)9)27(50-32(43)36(10,11)12)28(47-24)38-22(19-37)16-13-21-14-17-23(18-15-21)39(44)45/h13-18,22,24-28,38H,20H2,1-12H3/b16-13+/t22-,24-,25-,26+,27-,28-/m1/s1. The number of carbonyl (C=O) groups excluding carboxylic acids is 4. The van der Waals surface area contributed by atoms with Crippen LogP contribution in [0.1, 0.15) is 88.6 Å². The summed E-state index contributed by atoms with van der Waals surface area (Å²) >= 11 is 0. The Labute approximate surface area is 293 Å². The molecule has 1 aromatic rings. The summed E-state index contributed by atoms with van der Waals surface area (Å²) in [5, 5.41) is 24.1. The fourth-order valence-corrected chi connectivity index (χ4v) is 4.09. The number of hydrogen-bond donors (Lipinski definition) is 1. The van der Waals surface area contributed by atoms with Crippen molar-refractivity contribution in [3.8, 4) is 6.07 Å². The monoisotopic (exact) mass is 701 g/mol. The summed E-state index contributed by atoms with van der Waals surface area (Å²) in [5.74, 6) is -2.69. The smallest absolute Gasteiger partial charge is 0.311 e.